The molecular formula is C16H22N4OS2. The lowest BCUT2D eigenvalue weighted by Gasteiger charge is -2.31. The van der Waals surface area contributed by atoms with Crippen molar-refractivity contribution in [2.75, 3.05) is 39.4 Å². The Hall–Kier alpha value is -0.860. The van der Waals surface area contributed by atoms with Crippen molar-refractivity contribution in [2.24, 2.45) is 5.41 Å². The summed E-state index contributed by atoms with van der Waals surface area (Å²) in [6.45, 7) is 8.03. The molecule has 2 aliphatic heterocycles. The van der Waals surface area contributed by atoms with E-state index in [1.807, 2.05) is 12.4 Å². The Morgan fingerprint density at radius 2 is 1.65 bits per heavy atom. The first-order valence-corrected chi connectivity index (χ1v) is 9.87. The Bertz CT molecular complexity index is 604. The van der Waals surface area contributed by atoms with Gasteiger partial charge in [0.15, 0.2) is 0 Å². The van der Waals surface area contributed by atoms with Crippen molar-refractivity contribution in [3.8, 4) is 0 Å². The van der Waals surface area contributed by atoms with Crippen LogP contribution >= 0.6 is 22.7 Å². The molecule has 2 aromatic rings. The quantitative estimate of drug-likeness (QED) is 0.846. The molecule has 0 N–H and O–H groups in total. The van der Waals surface area contributed by atoms with Gasteiger partial charge in [-0.05, 0) is 13.0 Å². The van der Waals surface area contributed by atoms with Gasteiger partial charge in [-0.1, -0.05) is 0 Å². The molecule has 2 aliphatic rings. The van der Waals surface area contributed by atoms with E-state index in [0.29, 0.717) is 0 Å². The van der Waals surface area contributed by atoms with Crippen LogP contribution in [0.1, 0.15) is 16.4 Å². The molecule has 1 spiro atoms. The van der Waals surface area contributed by atoms with Crippen LogP contribution in [0.4, 0.5) is 0 Å². The van der Waals surface area contributed by atoms with Gasteiger partial charge in [-0.15, -0.1) is 22.7 Å². The predicted molar refractivity (Wildman–Crippen MR) is 92.7 cm³/mol. The van der Waals surface area contributed by atoms with Crippen molar-refractivity contribution in [1.82, 2.24) is 19.8 Å². The van der Waals surface area contributed by atoms with E-state index < -0.39 is 0 Å². The summed E-state index contributed by atoms with van der Waals surface area (Å²) in [6, 6.07) is 0. The molecule has 2 aromatic heterocycles. The van der Waals surface area contributed by atoms with Gasteiger partial charge in [-0.25, -0.2) is 9.97 Å². The minimum absolute atomic E-state index is 0.269. The highest BCUT2D eigenvalue weighted by atomic mass is 32.1. The second-order valence-electron chi connectivity index (χ2n) is 6.58. The van der Waals surface area contributed by atoms with Crippen LogP contribution in [0.15, 0.2) is 23.2 Å². The molecule has 23 heavy (non-hydrogen) atoms. The summed E-state index contributed by atoms with van der Waals surface area (Å²) >= 11 is 3.50. The number of rotatable bonds is 4. The molecule has 1 atom stereocenters. The molecule has 0 bridgehead atoms. The van der Waals surface area contributed by atoms with Gasteiger partial charge in [0, 0.05) is 48.2 Å². The Morgan fingerprint density at radius 3 is 2.26 bits per heavy atom. The van der Waals surface area contributed by atoms with Crippen LogP contribution < -0.4 is 0 Å². The first-order valence-electron chi connectivity index (χ1n) is 8.11. The Kier molecular flexibility index (Phi) is 4.73. The fourth-order valence-electron chi connectivity index (χ4n) is 3.67. The Balaban J connectivity index is 1.40. The van der Waals surface area contributed by atoms with Crippen LogP contribution in [0.2, 0.25) is 0 Å². The van der Waals surface area contributed by atoms with E-state index in [1.165, 1.54) is 16.4 Å². The van der Waals surface area contributed by atoms with Gasteiger partial charge in [0.2, 0.25) is 0 Å². The van der Waals surface area contributed by atoms with Crippen molar-refractivity contribution in [3.63, 3.8) is 0 Å². The summed E-state index contributed by atoms with van der Waals surface area (Å²) in [4.78, 5) is 13.9. The molecule has 0 aliphatic carbocycles. The lowest BCUT2D eigenvalue weighted by atomic mass is 9.87. The van der Waals surface area contributed by atoms with Crippen molar-refractivity contribution in [3.05, 3.63) is 33.2 Å². The van der Waals surface area contributed by atoms with Crippen LogP contribution in [-0.4, -0.2) is 59.2 Å². The average molecular weight is 351 g/mol. The van der Waals surface area contributed by atoms with Gasteiger partial charge < -0.3 is 4.74 Å². The number of hydrogen-bond acceptors (Lipinski definition) is 7. The van der Waals surface area contributed by atoms with Gasteiger partial charge in [-0.2, -0.15) is 0 Å². The third kappa shape index (κ3) is 3.80. The Labute approximate surface area is 144 Å². The lowest BCUT2D eigenvalue weighted by Crippen LogP contribution is -2.40. The van der Waals surface area contributed by atoms with Gasteiger partial charge in [0.25, 0.3) is 0 Å². The molecule has 0 saturated carbocycles. The molecule has 1 unspecified atom stereocenters. The minimum Gasteiger partial charge on any atom is -0.379 e. The minimum atomic E-state index is 0.269. The normalized spacial score (nSPS) is 26.8. The van der Waals surface area contributed by atoms with Crippen molar-refractivity contribution >= 4 is 22.7 Å². The monoisotopic (exact) mass is 350 g/mol. The van der Waals surface area contributed by atoms with Crippen molar-refractivity contribution in [2.45, 2.75) is 19.5 Å². The highest BCUT2D eigenvalue weighted by molar-refractivity contribution is 7.09. The van der Waals surface area contributed by atoms with Crippen molar-refractivity contribution < 1.29 is 4.74 Å². The van der Waals surface area contributed by atoms with Crippen LogP contribution in [0.25, 0.3) is 0 Å². The summed E-state index contributed by atoms with van der Waals surface area (Å²) in [5, 5.41) is 6.55. The maximum atomic E-state index is 5.97. The highest BCUT2D eigenvalue weighted by Gasteiger charge is 2.41. The third-order valence-corrected chi connectivity index (χ3v) is 6.25. The van der Waals surface area contributed by atoms with Gasteiger partial charge >= 0.3 is 0 Å². The van der Waals surface area contributed by atoms with E-state index in [2.05, 4.69) is 30.5 Å². The molecule has 2 saturated heterocycles. The second-order valence-corrected chi connectivity index (χ2v) is 8.53. The zero-order chi connectivity index (χ0) is 15.5. The molecule has 5 nitrogen and oxygen atoms in total. The van der Waals surface area contributed by atoms with E-state index in [1.54, 1.807) is 22.7 Å². The topological polar surface area (TPSA) is 41.5 Å². The molecule has 124 valence electrons. The molecule has 4 rings (SSSR count). The molecule has 2 fully saturated rings. The predicted octanol–water partition coefficient (Wildman–Crippen LogP) is 2.32. The third-order valence-electron chi connectivity index (χ3n) is 4.72. The number of thiazole rings is 2. The number of nitrogens with zero attached hydrogens (tertiary/aromatic N) is 4. The second kappa shape index (κ2) is 6.94. The van der Waals surface area contributed by atoms with Crippen LogP contribution in [0, 0.1) is 5.41 Å². The van der Waals surface area contributed by atoms with E-state index in [9.17, 15) is 0 Å². The van der Waals surface area contributed by atoms with Crippen LogP contribution in [0.5, 0.6) is 0 Å². The number of ether oxygens (including phenoxy) is 1. The van der Waals surface area contributed by atoms with Gasteiger partial charge in [-0.3, -0.25) is 9.80 Å². The fraction of sp³-hybridized carbons (Fsp3) is 0.625. The lowest BCUT2D eigenvalue weighted by molar-refractivity contribution is 0.0706. The molecule has 7 heteroatoms. The maximum Gasteiger partial charge on any atom is 0.107 e. The zero-order valence-electron chi connectivity index (χ0n) is 13.2. The first kappa shape index (κ1) is 15.7. The van der Waals surface area contributed by atoms with E-state index in [-0.39, 0.29) is 5.41 Å². The summed E-state index contributed by atoms with van der Waals surface area (Å²) in [5.41, 5.74) is 0.269. The average Bonchev–Trinajstić information content (AvgIpc) is 3.25. The number of likely N-dealkylation sites (tertiary alicyclic amines) is 1. The highest BCUT2D eigenvalue weighted by Crippen LogP contribution is 2.34. The first-order chi connectivity index (χ1) is 11.3. The van der Waals surface area contributed by atoms with Crippen molar-refractivity contribution in [1.29, 1.82) is 0 Å². The molecule has 0 radical (unpaired) electrons. The SMILES string of the molecule is c1csc(CN2CCOCC3(CCN(Cc4nccs4)C3)C2)n1. The van der Waals surface area contributed by atoms with E-state index in [4.69, 9.17) is 4.74 Å². The van der Waals surface area contributed by atoms with Crippen LogP contribution in [-0.2, 0) is 17.8 Å². The maximum absolute atomic E-state index is 5.97. The number of aromatic nitrogens is 2. The molecule has 0 amide bonds. The molecule has 0 aromatic carbocycles. The smallest absolute Gasteiger partial charge is 0.107 e. The zero-order valence-corrected chi connectivity index (χ0v) is 14.8. The van der Waals surface area contributed by atoms with Gasteiger partial charge in [0.05, 0.1) is 26.3 Å². The summed E-state index contributed by atoms with van der Waals surface area (Å²) in [7, 11) is 0. The molecular weight excluding hydrogens is 328 g/mol. The standard InChI is InChI=1S/C16H22N4OS2/c1-4-19(9-14-17-2-7-22-14)11-16(1)12-20(5-6-21-13-16)10-15-18-3-8-23-15/h2-3,7-8H,1,4-6,9-13H2. The largest absolute Gasteiger partial charge is 0.379 e. The molecule has 4 heterocycles. The van der Waals surface area contributed by atoms with Gasteiger partial charge in [0.1, 0.15) is 10.0 Å². The summed E-state index contributed by atoms with van der Waals surface area (Å²) < 4.78 is 5.97. The van der Waals surface area contributed by atoms with E-state index >= 15 is 0 Å². The summed E-state index contributed by atoms with van der Waals surface area (Å²) in [6.07, 6.45) is 5.01. The van der Waals surface area contributed by atoms with Crippen LogP contribution in [0.3, 0.4) is 0 Å². The summed E-state index contributed by atoms with van der Waals surface area (Å²) in [5.74, 6) is 0. The fourth-order valence-corrected chi connectivity index (χ4v) is 4.99. The Morgan fingerprint density at radius 1 is 1.00 bits per heavy atom. The van der Waals surface area contributed by atoms with E-state index in [0.717, 1.165) is 52.5 Å². The number of hydrogen-bond donors (Lipinski definition) is 0.